The Hall–Kier alpha value is -3.79. The van der Waals surface area contributed by atoms with Crippen LogP contribution in [0.3, 0.4) is 0 Å². The lowest BCUT2D eigenvalue weighted by Gasteiger charge is -2.47. The van der Waals surface area contributed by atoms with Gasteiger partial charge >= 0.3 is 0 Å². The molecule has 2 aliphatic rings. The first kappa shape index (κ1) is 24.9. The number of nitrogens with one attached hydrogen (secondary N) is 2. The number of halogens is 2. The second-order valence-electron chi connectivity index (χ2n) is 9.65. The van der Waals surface area contributed by atoms with E-state index in [0.717, 1.165) is 35.4 Å². The largest absolute Gasteiger partial charge is 0.356 e. The molecule has 3 heterocycles. The van der Waals surface area contributed by atoms with Crippen LogP contribution in [0.4, 0.5) is 8.78 Å². The molecule has 0 bridgehead atoms. The number of piperazine rings is 1. The third-order valence-electron chi connectivity index (χ3n) is 7.25. The fourth-order valence-corrected chi connectivity index (χ4v) is 5.59. The molecule has 2 atom stereocenters. The van der Waals surface area contributed by atoms with Gasteiger partial charge in [0.2, 0.25) is 17.7 Å². The van der Waals surface area contributed by atoms with Gasteiger partial charge in [-0.25, -0.2) is 14.3 Å². The predicted molar refractivity (Wildman–Crippen MR) is 130 cm³/mol. The second kappa shape index (κ2) is 10.3. The van der Waals surface area contributed by atoms with Gasteiger partial charge in [-0.05, 0) is 42.2 Å². The van der Waals surface area contributed by atoms with Crippen molar-refractivity contribution in [2.75, 3.05) is 13.1 Å². The lowest BCUT2D eigenvalue weighted by atomic mass is 9.86. The summed E-state index contributed by atoms with van der Waals surface area (Å²) in [5.41, 5.74) is 4.26. The maximum absolute atomic E-state index is 14.3. The van der Waals surface area contributed by atoms with Crippen LogP contribution in [-0.4, -0.2) is 56.8 Å². The summed E-state index contributed by atoms with van der Waals surface area (Å²) >= 11 is 0. The molecule has 3 aromatic rings. The molecular formula is C27H28F2N4O4. The first-order chi connectivity index (χ1) is 17.9. The van der Waals surface area contributed by atoms with Crippen LogP contribution in [0.5, 0.6) is 0 Å². The highest BCUT2D eigenvalue weighted by atomic mass is 19.1. The maximum atomic E-state index is 14.3. The van der Waals surface area contributed by atoms with E-state index in [1.807, 2.05) is 24.3 Å². The number of carbonyl (C=O) groups excluding carboxylic acids is 3. The van der Waals surface area contributed by atoms with Gasteiger partial charge in [0.15, 0.2) is 0 Å². The molecule has 8 nitrogen and oxygen atoms in total. The molecule has 2 aliphatic heterocycles. The van der Waals surface area contributed by atoms with E-state index in [1.165, 1.54) is 17.0 Å². The lowest BCUT2D eigenvalue weighted by molar-refractivity contribution is -0.158. The molecule has 37 heavy (non-hydrogen) atoms. The van der Waals surface area contributed by atoms with Crippen molar-refractivity contribution in [1.29, 1.82) is 0 Å². The van der Waals surface area contributed by atoms with E-state index in [0.29, 0.717) is 31.5 Å². The Bertz CT molecular complexity index is 1340. The van der Waals surface area contributed by atoms with Gasteiger partial charge in [0, 0.05) is 42.0 Å². The smallest absolute Gasteiger partial charge is 0.246 e. The average molecular weight is 511 g/mol. The summed E-state index contributed by atoms with van der Waals surface area (Å²) in [6.07, 6.45) is 3.34. The van der Waals surface area contributed by atoms with E-state index >= 15 is 0 Å². The Balaban J connectivity index is 1.41. The highest BCUT2D eigenvalue weighted by molar-refractivity contribution is 5.97. The number of amides is 3. The van der Waals surface area contributed by atoms with Crippen LogP contribution < -0.4 is 5.48 Å². The number of hydrogen-bond donors (Lipinski definition) is 3. The van der Waals surface area contributed by atoms with Crippen LogP contribution >= 0.6 is 0 Å². The predicted octanol–water partition coefficient (Wildman–Crippen LogP) is 3.59. The Labute approximate surface area is 212 Å². The number of para-hydroxylation sites is 1. The highest BCUT2D eigenvalue weighted by Gasteiger charge is 2.48. The quantitative estimate of drug-likeness (QED) is 0.245. The first-order valence-electron chi connectivity index (χ1n) is 12.5. The van der Waals surface area contributed by atoms with Gasteiger partial charge in [0.1, 0.15) is 17.7 Å². The zero-order valence-electron chi connectivity index (χ0n) is 20.2. The van der Waals surface area contributed by atoms with Crippen molar-refractivity contribution in [1.82, 2.24) is 20.3 Å². The van der Waals surface area contributed by atoms with E-state index in [-0.39, 0.29) is 30.3 Å². The number of hydrogen-bond acceptors (Lipinski definition) is 4. The average Bonchev–Trinajstić information content (AvgIpc) is 3.25. The van der Waals surface area contributed by atoms with Crippen LogP contribution in [0.25, 0.3) is 10.9 Å². The van der Waals surface area contributed by atoms with Gasteiger partial charge in [-0.15, -0.1) is 0 Å². The molecule has 2 aromatic carbocycles. The number of aromatic nitrogens is 1. The molecule has 0 saturated carbocycles. The standard InChI is InChI=1S/C27H28F2N4O4/c28-17-11-16(12-18(29)13-17)26-25-20(19-7-4-5-8-21(19)30-25)14-22-27(36)32(15-24(35)33(22)26)10-6-2-1-3-9-23(34)31-37/h4-5,7-8,11-13,22,26,30,37H,1-3,6,9-10,14-15H2,(H,31,34)/t22-,26-/m0/s1. The van der Waals surface area contributed by atoms with Crippen LogP contribution in [0.15, 0.2) is 42.5 Å². The molecule has 5 rings (SSSR count). The van der Waals surface area contributed by atoms with Crippen molar-refractivity contribution in [2.24, 2.45) is 0 Å². The molecular weight excluding hydrogens is 482 g/mol. The van der Waals surface area contributed by atoms with Gasteiger partial charge in [-0.1, -0.05) is 31.0 Å². The molecule has 0 spiro atoms. The third kappa shape index (κ3) is 4.81. The number of fused-ring (bicyclic) bond motifs is 4. The Morgan fingerprint density at radius 2 is 1.78 bits per heavy atom. The van der Waals surface area contributed by atoms with Crippen LogP contribution in [-0.2, 0) is 20.8 Å². The van der Waals surface area contributed by atoms with Crippen molar-refractivity contribution >= 4 is 28.6 Å². The monoisotopic (exact) mass is 510 g/mol. The molecule has 194 valence electrons. The maximum Gasteiger partial charge on any atom is 0.246 e. The number of aromatic amines is 1. The number of benzene rings is 2. The van der Waals surface area contributed by atoms with Gasteiger partial charge < -0.3 is 14.8 Å². The van der Waals surface area contributed by atoms with Crippen molar-refractivity contribution in [2.45, 2.75) is 50.6 Å². The minimum Gasteiger partial charge on any atom is -0.356 e. The topological polar surface area (TPSA) is 106 Å². The Kier molecular flexibility index (Phi) is 6.92. The Morgan fingerprint density at radius 3 is 2.54 bits per heavy atom. The Morgan fingerprint density at radius 1 is 1.05 bits per heavy atom. The summed E-state index contributed by atoms with van der Waals surface area (Å²) in [7, 11) is 0. The number of hydroxylamine groups is 1. The normalized spacial score (nSPS) is 19.2. The lowest BCUT2D eigenvalue weighted by Crippen LogP contribution is -2.63. The number of rotatable bonds is 8. The molecule has 1 aromatic heterocycles. The number of H-pyrrole nitrogens is 1. The fourth-order valence-electron chi connectivity index (χ4n) is 5.59. The van der Waals surface area contributed by atoms with Crippen LogP contribution in [0.2, 0.25) is 0 Å². The van der Waals surface area contributed by atoms with Gasteiger partial charge in [0.05, 0.1) is 12.6 Å². The van der Waals surface area contributed by atoms with Gasteiger partial charge in [0.25, 0.3) is 0 Å². The van der Waals surface area contributed by atoms with E-state index in [2.05, 4.69) is 4.98 Å². The van der Waals surface area contributed by atoms with E-state index < -0.39 is 29.6 Å². The number of nitrogens with zero attached hydrogens (tertiary/aromatic N) is 2. The molecule has 3 N–H and O–H groups in total. The summed E-state index contributed by atoms with van der Waals surface area (Å²) in [5, 5.41) is 9.48. The molecule has 1 saturated heterocycles. The highest BCUT2D eigenvalue weighted by Crippen LogP contribution is 2.42. The van der Waals surface area contributed by atoms with Crippen LogP contribution in [0, 0.1) is 11.6 Å². The molecule has 0 aliphatic carbocycles. The molecule has 3 amide bonds. The zero-order valence-corrected chi connectivity index (χ0v) is 20.2. The van der Waals surface area contributed by atoms with Gasteiger partial charge in [-0.2, -0.15) is 0 Å². The zero-order chi connectivity index (χ0) is 26.1. The molecule has 1 fully saturated rings. The number of unbranched alkanes of at least 4 members (excludes halogenated alkanes) is 3. The summed E-state index contributed by atoms with van der Waals surface area (Å²) in [6.45, 7) is 0.299. The summed E-state index contributed by atoms with van der Waals surface area (Å²) in [4.78, 5) is 44.6. The number of carbonyl (C=O) groups is 3. The third-order valence-corrected chi connectivity index (χ3v) is 7.25. The van der Waals surface area contributed by atoms with Crippen molar-refractivity contribution in [3.8, 4) is 0 Å². The van der Waals surface area contributed by atoms with E-state index in [1.54, 1.807) is 10.4 Å². The van der Waals surface area contributed by atoms with E-state index in [9.17, 15) is 23.2 Å². The summed E-state index contributed by atoms with van der Waals surface area (Å²) < 4.78 is 28.5. The first-order valence-corrected chi connectivity index (χ1v) is 12.5. The minimum atomic E-state index is -0.817. The molecule has 0 unspecified atom stereocenters. The van der Waals surface area contributed by atoms with Crippen LogP contribution in [0.1, 0.15) is 55.0 Å². The SMILES string of the molecule is O=C(CCCCCCN1CC(=O)N2[C@@H](c3cc(F)cc(F)c3)c3[nH]c4ccccc4c3C[C@H]2C1=O)NO. The fraction of sp³-hybridized carbons (Fsp3) is 0.370. The second-order valence-corrected chi connectivity index (χ2v) is 9.65. The van der Waals surface area contributed by atoms with Crippen molar-refractivity contribution in [3.63, 3.8) is 0 Å². The molecule has 10 heteroatoms. The summed E-state index contributed by atoms with van der Waals surface area (Å²) in [5.74, 6) is -2.38. The van der Waals surface area contributed by atoms with E-state index in [4.69, 9.17) is 5.21 Å². The molecule has 0 radical (unpaired) electrons. The van der Waals surface area contributed by atoms with Crippen molar-refractivity contribution in [3.05, 3.63) is 70.9 Å². The van der Waals surface area contributed by atoms with Crippen molar-refractivity contribution < 1.29 is 28.4 Å². The summed E-state index contributed by atoms with van der Waals surface area (Å²) in [6, 6.07) is 9.23. The van der Waals surface area contributed by atoms with Gasteiger partial charge in [-0.3, -0.25) is 19.6 Å². The minimum absolute atomic E-state index is 0.105.